The second-order valence-electron chi connectivity index (χ2n) is 5.78. The van der Waals surface area contributed by atoms with E-state index in [-0.39, 0.29) is 0 Å². The maximum atomic E-state index is 5.91. The van der Waals surface area contributed by atoms with Crippen molar-refractivity contribution < 1.29 is 13.7 Å². The number of aromatic nitrogens is 3. The van der Waals surface area contributed by atoms with E-state index < -0.39 is 18.3 Å². The Balaban J connectivity index is 1.86. The molecule has 104 valence electrons. The molecule has 1 aliphatic heterocycles. The second kappa shape index (κ2) is 4.39. The van der Waals surface area contributed by atoms with E-state index in [2.05, 4.69) is 15.0 Å². The van der Waals surface area contributed by atoms with Gasteiger partial charge in [-0.2, -0.15) is 0 Å². The first-order valence-electron chi connectivity index (χ1n) is 6.46. The average Bonchev–Trinajstić information content (AvgIpc) is 2.94. The van der Waals surface area contributed by atoms with Crippen LogP contribution in [0.2, 0.25) is 0 Å². The molecule has 0 N–H and O–H groups in total. The van der Waals surface area contributed by atoms with Crippen LogP contribution in [0.5, 0.6) is 0 Å². The molecule has 0 bridgehead atoms. The van der Waals surface area contributed by atoms with Crippen LogP contribution in [0.4, 0.5) is 0 Å². The third-order valence-electron chi connectivity index (χ3n) is 3.82. The molecule has 6 nitrogen and oxygen atoms in total. The van der Waals surface area contributed by atoms with Crippen LogP contribution < -0.4 is 5.66 Å². The molecule has 0 unspecified atom stereocenters. The topological polar surface area (TPSA) is 70.3 Å². The first-order chi connectivity index (χ1) is 9.39. The lowest BCUT2D eigenvalue weighted by Crippen LogP contribution is -2.41. The molecule has 7 heteroatoms. The lowest BCUT2D eigenvalue weighted by Gasteiger charge is -2.32. The maximum absolute atomic E-state index is 5.91. The predicted octanol–water partition coefficient (Wildman–Crippen LogP) is 1.43. The van der Waals surface area contributed by atoms with Crippen LogP contribution in [-0.2, 0) is 9.31 Å². The molecule has 0 radical (unpaired) electrons. The monoisotopic (exact) mass is 273 g/mol. The van der Waals surface area contributed by atoms with E-state index in [4.69, 9.17) is 13.7 Å². The minimum absolute atomic E-state index is 0.402. The van der Waals surface area contributed by atoms with E-state index >= 15 is 0 Å². The van der Waals surface area contributed by atoms with Gasteiger partial charge in [0.05, 0.1) is 23.0 Å². The van der Waals surface area contributed by atoms with Crippen LogP contribution >= 0.6 is 0 Å². The number of oxazole rings is 1. The van der Waals surface area contributed by atoms with Gasteiger partial charge in [0.2, 0.25) is 5.89 Å². The van der Waals surface area contributed by atoms with E-state index in [1.165, 1.54) is 6.33 Å². The highest BCUT2D eigenvalue weighted by molar-refractivity contribution is 6.60. The fourth-order valence-electron chi connectivity index (χ4n) is 1.90. The molecule has 1 fully saturated rings. The molecule has 0 saturated carbocycles. The zero-order chi connectivity index (χ0) is 14.4. The summed E-state index contributed by atoms with van der Waals surface area (Å²) >= 11 is 0. The Kier molecular flexibility index (Phi) is 2.91. The summed E-state index contributed by atoms with van der Waals surface area (Å²) in [7, 11) is -0.550. The number of nitrogens with zero attached hydrogens (tertiary/aromatic N) is 3. The highest BCUT2D eigenvalue weighted by Gasteiger charge is 2.53. The molecule has 0 spiro atoms. The van der Waals surface area contributed by atoms with E-state index in [1.807, 2.05) is 27.7 Å². The summed E-state index contributed by atoms with van der Waals surface area (Å²) in [5.74, 6) is 0.454. The lowest BCUT2D eigenvalue weighted by atomic mass is 9.87. The molecule has 0 amide bonds. The highest BCUT2D eigenvalue weighted by Crippen LogP contribution is 2.36. The molecule has 0 atom stereocenters. The molecule has 3 rings (SSSR count). The van der Waals surface area contributed by atoms with Crippen LogP contribution in [0.3, 0.4) is 0 Å². The van der Waals surface area contributed by atoms with Crippen molar-refractivity contribution in [3.8, 4) is 11.5 Å². The minimum Gasteiger partial charge on any atom is -0.445 e. The Labute approximate surface area is 117 Å². The van der Waals surface area contributed by atoms with Gasteiger partial charge in [-0.15, -0.1) is 0 Å². The summed E-state index contributed by atoms with van der Waals surface area (Å²) in [5.41, 5.74) is 0.457. The van der Waals surface area contributed by atoms with Crippen molar-refractivity contribution in [2.45, 2.75) is 38.9 Å². The van der Waals surface area contributed by atoms with Gasteiger partial charge in [-0.25, -0.2) is 15.0 Å². The Bertz CT molecular complexity index is 596. The molecular formula is C13H16BN3O3. The van der Waals surface area contributed by atoms with E-state index in [1.54, 1.807) is 18.6 Å². The van der Waals surface area contributed by atoms with Gasteiger partial charge in [0.25, 0.3) is 0 Å². The van der Waals surface area contributed by atoms with Crippen LogP contribution in [-0.4, -0.2) is 33.3 Å². The third-order valence-corrected chi connectivity index (χ3v) is 3.82. The normalized spacial score (nSPS) is 20.3. The Morgan fingerprint density at radius 1 is 0.950 bits per heavy atom. The van der Waals surface area contributed by atoms with Gasteiger partial charge < -0.3 is 13.7 Å². The summed E-state index contributed by atoms with van der Waals surface area (Å²) in [4.78, 5) is 12.1. The zero-order valence-electron chi connectivity index (χ0n) is 12.0. The SMILES string of the molecule is CC1(C)OB(c2cnc(-c3cncnc3)o2)OC1(C)C. The van der Waals surface area contributed by atoms with Crippen molar-refractivity contribution >= 4 is 12.8 Å². The zero-order valence-corrected chi connectivity index (χ0v) is 12.0. The maximum Gasteiger partial charge on any atom is 0.534 e. The predicted molar refractivity (Wildman–Crippen MR) is 73.2 cm³/mol. The van der Waals surface area contributed by atoms with Gasteiger partial charge >= 0.3 is 7.12 Å². The first kappa shape index (κ1) is 13.3. The highest BCUT2D eigenvalue weighted by atomic mass is 16.7. The molecular weight excluding hydrogens is 257 g/mol. The van der Waals surface area contributed by atoms with Crippen molar-refractivity contribution in [1.82, 2.24) is 15.0 Å². The number of hydrogen-bond acceptors (Lipinski definition) is 6. The third kappa shape index (κ3) is 2.12. The quantitative estimate of drug-likeness (QED) is 0.771. The molecule has 0 aliphatic carbocycles. The van der Waals surface area contributed by atoms with Crippen LogP contribution in [0.1, 0.15) is 27.7 Å². The molecule has 20 heavy (non-hydrogen) atoms. The van der Waals surface area contributed by atoms with Gasteiger partial charge in [-0.3, -0.25) is 0 Å². The van der Waals surface area contributed by atoms with Crippen molar-refractivity contribution in [3.63, 3.8) is 0 Å². The smallest absolute Gasteiger partial charge is 0.445 e. The number of hydrogen-bond donors (Lipinski definition) is 0. The standard InChI is InChI=1S/C13H16BN3O3/c1-12(2)13(3,4)20-14(19-12)10-7-17-11(18-10)9-5-15-8-16-6-9/h5-8H,1-4H3. The van der Waals surface area contributed by atoms with Gasteiger partial charge in [-0.05, 0) is 27.7 Å². The number of rotatable bonds is 2. The lowest BCUT2D eigenvalue weighted by molar-refractivity contribution is 0.00578. The van der Waals surface area contributed by atoms with Gasteiger partial charge in [-0.1, -0.05) is 0 Å². The Morgan fingerprint density at radius 2 is 1.55 bits per heavy atom. The second-order valence-corrected chi connectivity index (χ2v) is 5.78. The van der Waals surface area contributed by atoms with Gasteiger partial charge in [0.1, 0.15) is 6.33 Å². The molecule has 3 heterocycles. The largest absolute Gasteiger partial charge is 0.534 e. The summed E-state index contributed by atoms with van der Waals surface area (Å²) < 4.78 is 17.5. The summed E-state index contributed by atoms with van der Waals surface area (Å²) in [6, 6.07) is 0. The Hall–Kier alpha value is -1.73. The minimum atomic E-state index is -0.550. The summed E-state index contributed by atoms with van der Waals surface area (Å²) in [5, 5.41) is 0. The van der Waals surface area contributed by atoms with Crippen LogP contribution in [0, 0.1) is 0 Å². The molecule has 1 saturated heterocycles. The summed E-state index contributed by atoms with van der Waals surface area (Å²) in [6.45, 7) is 7.98. The fourth-order valence-corrected chi connectivity index (χ4v) is 1.90. The molecule has 0 aromatic carbocycles. The summed E-state index contributed by atoms with van der Waals surface area (Å²) in [6.07, 6.45) is 6.37. The molecule has 1 aliphatic rings. The van der Waals surface area contributed by atoms with Crippen LogP contribution in [0.15, 0.2) is 29.3 Å². The van der Waals surface area contributed by atoms with E-state index in [0.29, 0.717) is 11.6 Å². The fraction of sp³-hybridized carbons (Fsp3) is 0.462. The average molecular weight is 273 g/mol. The van der Waals surface area contributed by atoms with E-state index in [0.717, 1.165) is 5.56 Å². The molecule has 2 aromatic heterocycles. The van der Waals surface area contributed by atoms with Crippen LogP contribution in [0.25, 0.3) is 11.5 Å². The van der Waals surface area contributed by atoms with Crippen molar-refractivity contribution in [3.05, 3.63) is 24.9 Å². The van der Waals surface area contributed by atoms with Gasteiger partial charge in [0, 0.05) is 12.4 Å². The van der Waals surface area contributed by atoms with Crippen molar-refractivity contribution in [1.29, 1.82) is 0 Å². The Morgan fingerprint density at radius 3 is 2.15 bits per heavy atom. The van der Waals surface area contributed by atoms with E-state index in [9.17, 15) is 0 Å². The van der Waals surface area contributed by atoms with Crippen molar-refractivity contribution in [2.24, 2.45) is 0 Å². The van der Waals surface area contributed by atoms with Crippen molar-refractivity contribution in [2.75, 3.05) is 0 Å². The van der Waals surface area contributed by atoms with Gasteiger partial charge in [0.15, 0.2) is 5.66 Å². The molecule has 2 aromatic rings. The first-order valence-corrected chi connectivity index (χ1v) is 6.46.